The van der Waals surface area contributed by atoms with Crippen LogP contribution < -0.4 is 0 Å². The van der Waals surface area contributed by atoms with Crippen LogP contribution >= 0.6 is 0 Å². The van der Waals surface area contributed by atoms with Gasteiger partial charge in [-0.1, -0.05) is 6.07 Å². The Morgan fingerprint density at radius 2 is 1.84 bits per heavy atom. The van der Waals surface area contributed by atoms with Crippen molar-refractivity contribution in [3.05, 3.63) is 33.9 Å². The Kier molecular flexibility index (Phi) is 4.41. The van der Waals surface area contributed by atoms with Crippen LogP contribution in [0.3, 0.4) is 0 Å². The van der Waals surface area contributed by atoms with Crippen molar-refractivity contribution in [1.29, 1.82) is 0 Å². The Labute approximate surface area is 116 Å². The number of benzene rings is 1. The summed E-state index contributed by atoms with van der Waals surface area (Å²) in [5.74, 6) is 0.275. The van der Waals surface area contributed by atoms with Gasteiger partial charge in [-0.3, -0.25) is 4.79 Å². The molecule has 2 heteroatoms. The van der Waals surface area contributed by atoms with Crippen LogP contribution in [0.1, 0.15) is 58.3 Å². The largest absolute Gasteiger partial charge is 0.378 e. The van der Waals surface area contributed by atoms with Crippen molar-refractivity contribution in [3.63, 3.8) is 0 Å². The zero-order chi connectivity index (χ0) is 14.0. The van der Waals surface area contributed by atoms with E-state index >= 15 is 0 Å². The van der Waals surface area contributed by atoms with E-state index in [1.54, 1.807) is 0 Å². The molecule has 0 saturated carbocycles. The van der Waals surface area contributed by atoms with Gasteiger partial charge in [0, 0.05) is 18.6 Å². The molecule has 19 heavy (non-hydrogen) atoms. The standard InChI is InChI=1S/C17H24O2/c1-11-10-12(2)14(4)17(13(11)3)16(18)8-7-15-6-5-9-19-15/h10,15H,5-9H2,1-4H3. The van der Waals surface area contributed by atoms with Gasteiger partial charge in [-0.2, -0.15) is 0 Å². The quantitative estimate of drug-likeness (QED) is 0.763. The van der Waals surface area contributed by atoms with Crippen LogP contribution in [0, 0.1) is 27.7 Å². The lowest BCUT2D eigenvalue weighted by atomic mass is 9.90. The minimum atomic E-state index is 0.275. The fourth-order valence-electron chi connectivity index (χ4n) is 2.92. The van der Waals surface area contributed by atoms with E-state index in [9.17, 15) is 4.79 Å². The van der Waals surface area contributed by atoms with E-state index in [1.807, 2.05) is 0 Å². The van der Waals surface area contributed by atoms with E-state index < -0.39 is 0 Å². The zero-order valence-corrected chi connectivity index (χ0v) is 12.5. The van der Waals surface area contributed by atoms with Gasteiger partial charge in [0.2, 0.25) is 0 Å². The lowest BCUT2D eigenvalue weighted by molar-refractivity contribution is 0.0858. The van der Waals surface area contributed by atoms with Crippen LogP contribution in [0.25, 0.3) is 0 Å². The van der Waals surface area contributed by atoms with Crippen molar-refractivity contribution in [3.8, 4) is 0 Å². The summed E-state index contributed by atoms with van der Waals surface area (Å²) in [5, 5.41) is 0. The third-order valence-corrected chi connectivity index (χ3v) is 4.36. The second-order valence-corrected chi connectivity index (χ2v) is 5.73. The third-order valence-electron chi connectivity index (χ3n) is 4.36. The van der Waals surface area contributed by atoms with Gasteiger partial charge in [0.25, 0.3) is 0 Å². The summed E-state index contributed by atoms with van der Waals surface area (Å²) in [6.07, 6.45) is 4.02. The van der Waals surface area contributed by atoms with Crippen molar-refractivity contribution in [2.75, 3.05) is 6.61 Å². The number of carbonyl (C=O) groups is 1. The molecule has 2 rings (SSSR count). The monoisotopic (exact) mass is 260 g/mol. The zero-order valence-electron chi connectivity index (χ0n) is 12.5. The molecule has 0 bridgehead atoms. The molecule has 1 aromatic rings. The summed E-state index contributed by atoms with van der Waals surface area (Å²) in [6.45, 7) is 9.14. The predicted octanol–water partition coefficient (Wildman–Crippen LogP) is 4.06. The van der Waals surface area contributed by atoms with Crippen LogP contribution in [0.2, 0.25) is 0 Å². The average molecular weight is 260 g/mol. The highest BCUT2D eigenvalue weighted by Crippen LogP contribution is 2.25. The predicted molar refractivity (Wildman–Crippen MR) is 77.9 cm³/mol. The Balaban J connectivity index is 2.14. The molecule has 2 nitrogen and oxygen atoms in total. The summed E-state index contributed by atoms with van der Waals surface area (Å²) < 4.78 is 5.59. The molecule has 1 atom stereocenters. The number of carbonyl (C=O) groups excluding carboxylic acids is 1. The summed E-state index contributed by atoms with van der Waals surface area (Å²) in [7, 11) is 0. The van der Waals surface area contributed by atoms with Gasteiger partial charge in [-0.15, -0.1) is 0 Å². The average Bonchev–Trinajstić information content (AvgIpc) is 2.87. The number of ether oxygens (including phenoxy) is 1. The first kappa shape index (κ1) is 14.3. The molecule has 0 aromatic heterocycles. The molecule has 1 saturated heterocycles. The molecule has 1 aliphatic rings. The molecule has 1 fully saturated rings. The number of ketones is 1. The summed E-state index contributed by atoms with van der Waals surface area (Å²) in [4.78, 5) is 12.5. The highest BCUT2D eigenvalue weighted by Gasteiger charge is 2.20. The maximum Gasteiger partial charge on any atom is 0.163 e. The number of rotatable bonds is 4. The molecule has 1 aliphatic heterocycles. The molecule has 1 unspecified atom stereocenters. The highest BCUT2D eigenvalue weighted by atomic mass is 16.5. The fourth-order valence-corrected chi connectivity index (χ4v) is 2.92. The van der Waals surface area contributed by atoms with Gasteiger partial charge in [-0.05, 0) is 69.2 Å². The number of Topliss-reactive ketones (excluding diaryl/α,β-unsaturated/α-hetero) is 1. The van der Waals surface area contributed by atoms with Gasteiger partial charge in [0.15, 0.2) is 5.78 Å². The van der Waals surface area contributed by atoms with Gasteiger partial charge in [-0.25, -0.2) is 0 Å². The lowest BCUT2D eigenvalue weighted by Crippen LogP contribution is -2.12. The normalized spacial score (nSPS) is 18.8. The highest BCUT2D eigenvalue weighted by molar-refractivity contribution is 5.99. The van der Waals surface area contributed by atoms with Gasteiger partial charge in [0.05, 0.1) is 6.10 Å². The number of hydrogen-bond donors (Lipinski definition) is 0. The topological polar surface area (TPSA) is 26.3 Å². The van der Waals surface area contributed by atoms with Crippen molar-refractivity contribution in [1.82, 2.24) is 0 Å². The number of hydrogen-bond acceptors (Lipinski definition) is 2. The Hall–Kier alpha value is -1.15. The first-order chi connectivity index (χ1) is 9.00. The molecule has 0 radical (unpaired) electrons. The second-order valence-electron chi connectivity index (χ2n) is 5.73. The molecule has 104 valence electrons. The van der Waals surface area contributed by atoms with E-state index in [1.165, 1.54) is 11.1 Å². The maximum atomic E-state index is 12.5. The Bertz CT molecular complexity index is 456. The molecule has 0 amide bonds. The van der Waals surface area contributed by atoms with E-state index in [2.05, 4.69) is 33.8 Å². The van der Waals surface area contributed by atoms with Gasteiger partial charge < -0.3 is 4.74 Å². The van der Waals surface area contributed by atoms with Crippen LogP contribution in [0.15, 0.2) is 6.07 Å². The fraction of sp³-hybridized carbons (Fsp3) is 0.588. The first-order valence-corrected chi connectivity index (χ1v) is 7.23. The molecule has 1 aromatic carbocycles. The summed E-state index contributed by atoms with van der Waals surface area (Å²) in [5.41, 5.74) is 5.64. The van der Waals surface area contributed by atoms with Gasteiger partial charge >= 0.3 is 0 Å². The lowest BCUT2D eigenvalue weighted by Gasteiger charge is -2.15. The molecule has 0 aliphatic carbocycles. The minimum absolute atomic E-state index is 0.275. The Morgan fingerprint density at radius 1 is 1.21 bits per heavy atom. The Morgan fingerprint density at radius 3 is 2.37 bits per heavy atom. The molecular weight excluding hydrogens is 236 g/mol. The van der Waals surface area contributed by atoms with E-state index in [0.717, 1.165) is 42.6 Å². The second kappa shape index (κ2) is 5.87. The smallest absolute Gasteiger partial charge is 0.163 e. The number of aryl methyl sites for hydroxylation is 2. The SMILES string of the molecule is Cc1cc(C)c(C)c(C(=O)CCC2CCCO2)c1C. The molecule has 0 N–H and O–H groups in total. The van der Waals surface area contributed by atoms with Crippen molar-refractivity contribution in [2.45, 2.75) is 59.5 Å². The van der Waals surface area contributed by atoms with E-state index in [-0.39, 0.29) is 5.78 Å². The van der Waals surface area contributed by atoms with E-state index in [0.29, 0.717) is 12.5 Å². The van der Waals surface area contributed by atoms with Crippen molar-refractivity contribution < 1.29 is 9.53 Å². The minimum Gasteiger partial charge on any atom is -0.378 e. The first-order valence-electron chi connectivity index (χ1n) is 7.23. The summed E-state index contributed by atoms with van der Waals surface area (Å²) in [6, 6.07) is 2.17. The van der Waals surface area contributed by atoms with Crippen LogP contribution in [-0.4, -0.2) is 18.5 Å². The summed E-state index contributed by atoms with van der Waals surface area (Å²) >= 11 is 0. The van der Waals surface area contributed by atoms with Crippen molar-refractivity contribution in [2.24, 2.45) is 0 Å². The maximum absolute atomic E-state index is 12.5. The van der Waals surface area contributed by atoms with Crippen molar-refractivity contribution >= 4 is 5.78 Å². The van der Waals surface area contributed by atoms with Gasteiger partial charge in [0.1, 0.15) is 0 Å². The molecule has 0 spiro atoms. The third kappa shape index (κ3) is 3.06. The van der Waals surface area contributed by atoms with E-state index in [4.69, 9.17) is 4.74 Å². The molecule has 1 heterocycles. The van der Waals surface area contributed by atoms with Crippen LogP contribution in [-0.2, 0) is 4.74 Å². The molecular formula is C17H24O2. The van der Waals surface area contributed by atoms with Crippen LogP contribution in [0.4, 0.5) is 0 Å². The van der Waals surface area contributed by atoms with Crippen LogP contribution in [0.5, 0.6) is 0 Å².